The standard InChI is InChI=1S/C19H24N2O4/c1-19(2,3)25-18(22)21(4)12-13-8-10-23-16-14(13)6-5-7-15(16)17-20-9-11-24-17/h5-7,9,11,13H,8,10,12H2,1-4H3/t13-/m0/s1. The first-order valence-electron chi connectivity index (χ1n) is 8.45. The summed E-state index contributed by atoms with van der Waals surface area (Å²) >= 11 is 0. The number of para-hydroxylation sites is 1. The van der Waals surface area contributed by atoms with Crippen molar-refractivity contribution in [2.45, 2.75) is 38.7 Å². The molecule has 134 valence electrons. The Morgan fingerprint density at radius 1 is 1.40 bits per heavy atom. The molecule has 6 heteroatoms. The number of benzene rings is 1. The van der Waals surface area contributed by atoms with Gasteiger partial charge in [0.1, 0.15) is 17.6 Å². The van der Waals surface area contributed by atoms with E-state index < -0.39 is 5.60 Å². The molecule has 0 bridgehead atoms. The van der Waals surface area contributed by atoms with Crippen LogP contribution < -0.4 is 4.74 Å². The van der Waals surface area contributed by atoms with Crippen LogP contribution in [0.1, 0.15) is 38.7 Å². The Morgan fingerprint density at radius 2 is 2.20 bits per heavy atom. The van der Waals surface area contributed by atoms with E-state index in [1.807, 2.05) is 39.0 Å². The molecule has 0 unspecified atom stereocenters. The van der Waals surface area contributed by atoms with E-state index in [0.717, 1.165) is 23.3 Å². The Labute approximate surface area is 147 Å². The van der Waals surface area contributed by atoms with Crippen LogP contribution >= 0.6 is 0 Å². The van der Waals surface area contributed by atoms with Crippen LogP contribution in [0.4, 0.5) is 4.79 Å². The van der Waals surface area contributed by atoms with Gasteiger partial charge in [-0.2, -0.15) is 0 Å². The van der Waals surface area contributed by atoms with Gasteiger partial charge in [-0.1, -0.05) is 12.1 Å². The molecule has 2 heterocycles. The molecule has 0 spiro atoms. The molecule has 2 aromatic rings. The van der Waals surface area contributed by atoms with Crippen LogP contribution in [0.5, 0.6) is 5.75 Å². The van der Waals surface area contributed by atoms with Crippen molar-refractivity contribution in [2.24, 2.45) is 0 Å². The molecule has 25 heavy (non-hydrogen) atoms. The second kappa shape index (κ2) is 6.78. The average molecular weight is 344 g/mol. The zero-order valence-electron chi connectivity index (χ0n) is 15.1. The summed E-state index contributed by atoms with van der Waals surface area (Å²) in [6, 6.07) is 5.94. The maximum atomic E-state index is 12.2. The van der Waals surface area contributed by atoms with Crippen molar-refractivity contribution < 1.29 is 18.7 Å². The molecule has 3 rings (SSSR count). The lowest BCUT2D eigenvalue weighted by Crippen LogP contribution is -2.37. The number of carbonyl (C=O) groups excluding carboxylic acids is 1. The lowest BCUT2D eigenvalue weighted by molar-refractivity contribution is 0.0281. The molecule has 6 nitrogen and oxygen atoms in total. The van der Waals surface area contributed by atoms with Gasteiger partial charge in [-0.15, -0.1) is 0 Å². The summed E-state index contributed by atoms with van der Waals surface area (Å²) in [7, 11) is 1.77. The first-order valence-corrected chi connectivity index (χ1v) is 8.45. The van der Waals surface area contributed by atoms with E-state index in [-0.39, 0.29) is 12.0 Å². The number of carbonyl (C=O) groups is 1. The van der Waals surface area contributed by atoms with E-state index in [9.17, 15) is 4.79 Å². The van der Waals surface area contributed by atoms with Crippen LogP contribution in [0, 0.1) is 0 Å². The minimum absolute atomic E-state index is 0.177. The van der Waals surface area contributed by atoms with Crippen LogP contribution in [-0.2, 0) is 4.74 Å². The minimum Gasteiger partial charge on any atom is -0.492 e. The predicted molar refractivity (Wildman–Crippen MR) is 93.7 cm³/mol. The number of rotatable bonds is 3. The molecule has 1 amide bonds. The summed E-state index contributed by atoms with van der Waals surface area (Å²) in [6.45, 7) is 6.76. The van der Waals surface area contributed by atoms with Gasteiger partial charge in [-0.05, 0) is 38.8 Å². The summed E-state index contributed by atoms with van der Waals surface area (Å²) in [5, 5.41) is 0. The molecular weight excluding hydrogens is 320 g/mol. The van der Waals surface area contributed by atoms with E-state index in [4.69, 9.17) is 13.9 Å². The zero-order chi connectivity index (χ0) is 18.0. The lowest BCUT2D eigenvalue weighted by atomic mass is 9.91. The second-order valence-corrected chi connectivity index (χ2v) is 7.26. The van der Waals surface area contributed by atoms with Gasteiger partial charge in [-0.25, -0.2) is 9.78 Å². The Balaban J connectivity index is 1.80. The minimum atomic E-state index is -0.503. The van der Waals surface area contributed by atoms with Gasteiger partial charge in [0.25, 0.3) is 0 Å². The number of fused-ring (bicyclic) bond motifs is 1. The number of amides is 1. The highest BCUT2D eigenvalue weighted by Crippen LogP contribution is 2.40. The third-order valence-corrected chi connectivity index (χ3v) is 4.06. The normalized spacial score (nSPS) is 16.7. The fraction of sp³-hybridized carbons (Fsp3) is 0.474. The Hall–Kier alpha value is -2.50. The third kappa shape index (κ3) is 3.95. The Kier molecular flexibility index (Phi) is 4.70. The number of aromatic nitrogens is 1. The van der Waals surface area contributed by atoms with Crippen molar-refractivity contribution in [3.63, 3.8) is 0 Å². The monoisotopic (exact) mass is 344 g/mol. The summed E-state index contributed by atoms with van der Waals surface area (Å²) in [5.74, 6) is 1.51. The molecule has 0 N–H and O–H groups in total. The second-order valence-electron chi connectivity index (χ2n) is 7.26. The molecule has 0 radical (unpaired) electrons. The number of hydrogen-bond acceptors (Lipinski definition) is 5. The predicted octanol–water partition coefficient (Wildman–Crippen LogP) is 4.07. The summed E-state index contributed by atoms with van der Waals surface area (Å²) in [5.41, 5.74) is 1.40. The van der Waals surface area contributed by atoms with Gasteiger partial charge in [0.05, 0.1) is 18.4 Å². The molecule has 1 aliphatic rings. The SMILES string of the molecule is CN(C[C@@H]1CCOc2c(-c3ncco3)cccc21)C(=O)OC(C)(C)C. The quantitative estimate of drug-likeness (QED) is 0.839. The largest absolute Gasteiger partial charge is 0.492 e. The van der Waals surface area contributed by atoms with Crippen molar-refractivity contribution in [3.05, 3.63) is 36.2 Å². The van der Waals surface area contributed by atoms with E-state index in [2.05, 4.69) is 4.98 Å². The Morgan fingerprint density at radius 3 is 2.88 bits per heavy atom. The van der Waals surface area contributed by atoms with Crippen LogP contribution in [0.15, 0.2) is 35.1 Å². The summed E-state index contributed by atoms with van der Waals surface area (Å²) in [4.78, 5) is 18.1. The first-order chi connectivity index (χ1) is 11.8. The highest BCUT2D eigenvalue weighted by Gasteiger charge is 2.28. The zero-order valence-corrected chi connectivity index (χ0v) is 15.1. The lowest BCUT2D eigenvalue weighted by Gasteiger charge is -2.31. The number of nitrogens with zero attached hydrogens (tertiary/aromatic N) is 2. The van der Waals surface area contributed by atoms with Crippen LogP contribution in [0.25, 0.3) is 11.5 Å². The summed E-state index contributed by atoms with van der Waals surface area (Å²) < 4.78 is 16.8. The average Bonchev–Trinajstić information content (AvgIpc) is 3.07. The van der Waals surface area contributed by atoms with Gasteiger partial charge in [0, 0.05) is 19.5 Å². The fourth-order valence-corrected chi connectivity index (χ4v) is 2.96. The van der Waals surface area contributed by atoms with Crippen LogP contribution in [0.3, 0.4) is 0 Å². The highest BCUT2D eigenvalue weighted by atomic mass is 16.6. The molecule has 1 aliphatic heterocycles. The number of hydrogen-bond donors (Lipinski definition) is 0. The van der Waals surface area contributed by atoms with Gasteiger partial charge >= 0.3 is 6.09 Å². The number of ether oxygens (including phenoxy) is 2. The Bertz CT molecular complexity index is 734. The van der Waals surface area contributed by atoms with Gasteiger partial charge in [-0.3, -0.25) is 0 Å². The topological polar surface area (TPSA) is 64.8 Å². The highest BCUT2D eigenvalue weighted by molar-refractivity contribution is 5.69. The third-order valence-electron chi connectivity index (χ3n) is 4.06. The van der Waals surface area contributed by atoms with Crippen molar-refractivity contribution in [1.29, 1.82) is 0 Å². The van der Waals surface area contributed by atoms with E-state index in [0.29, 0.717) is 19.0 Å². The van der Waals surface area contributed by atoms with E-state index in [1.165, 1.54) is 0 Å². The molecule has 1 aromatic carbocycles. The van der Waals surface area contributed by atoms with E-state index >= 15 is 0 Å². The van der Waals surface area contributed by atoms with Crippen LogP contribution in [0.2, 0.25) is 0 Å². The molecular formula is C19H24N2O4. The number of oxazole rings is 1. The molecule has 0 saturated heterocycles. The summed E-state index contributed by atoms with van der Waals surface area (Å²) in [6.07, 6.45) is 3.69. The molecule has 0 aliphatic carbocycles. The van der Waals surface area contributed by atoms with E-state index in [1.54, 1.807) is 24.4 Å². The van der Waals surface area contributed by atoms with Crippen molar-refractivity contribution in [1.82, 2.24) is 9.88 Å². The van der Waals surface area contributed by atoms with Gasteiger partial charge in [0.2, 0.25) is 5.89 Å². The number of likely N-dealkylation sites (N-methyl/N-ethyl adjacent to an activating group) is 1. The first kappa shape index (κ1) is 17.3. The van der Waals surface area contributed by atoms with Crippen LogP contribution in [-0.4, -0.2) is 41.8 Å². The van der Waals surface area contributed by atoms with Crippen molar-refractivity contribution >= 4 is 6.09 Å². The fourth-order valence-electron chi connectivity index (χ4n) is 2.96. The smallest absolute Gasteiger partial charge is 0.410 e. The molecule has 0 saturated carbocycles. The van der Waals surface area contributed by atoms with Crippen molar-refractivity contribution in [2.75, 3.05) is 20.2 Å². The maximum absolute atomic E-state index is 12.2. The van der Waals surface area contributed by atoms with Gasteiger partial charge in [0.15, 0.2) is 0 Å². The van der Waals surface area contributed by atoms with Gasteiger partial charge < -0.3 is 18.8 Å². The molecule has 0 fully saturated rings. The molecule has 1 atom stereocenters. The van der Waals surface area contributed by atoms with Crippen molar-refractivity contribution in [3.8, 4) is 17.2 Å². The molecule has 1 aromatic heterocycles. The maximum Gasteiger partial charge on any atom is 0.410 e.